The van der Waals surface area contributed by atoms with E-state index in [4.69, 9.17) is 4.74 Å². The highest BCUT2D eigenvalue weighted by atomic mass is 19.4. The SMILES string of the molecule is COCC1CN(C(=O)Cn2c(=O)[nH]c3ncc(-c4cccc(C(F)(F)F)c4)cc32)C1. The number of rotatable bonds is 5. The van der Waals surface area contributed by atoms with Crippen LogP contribution >= 0.6 is 0 Å². The number of aromatic nitrogens is 3. The largest absolute Gasteiger partial charge is 0.416 e. The van der Waals surface area contributed by atoms with Crippen molar-refractivity contribution in [3.8, 4) is 11.1 Å². The molecule has 0 bridgehead atoms. The normalized spacial score (nSPS) is 14.9. The molecule has 0 radical (unpaired) electrons. The van der Waals surface area contributed by atoms with E-state index < -0.39 is 17.4 Å². The van der Waals surface area contributed by atoms with Crippen molar-refractivity contribution >= 4 is 17.1 Å². The van der Waals surface area contributed by atoms with Crippen LogP contribution in [0, 0.1) is 5.92 Å². The maximum absolute atomic E-state index is 13.0. The molecule has 0 aliphatic carbocycles. The highest BCUT2D eigenvalue weighted by molar-refractivity contribution is 5.82. The average Bonchev–Trinajstić information content (AvgIpc) is 2.98. The third-order valence-corrected chi connectivity index (χ3v) is 5.16. The Balaban J connectivity index is 1.62. The number of nitrogens with one attached hydrogen (secondary N) is 1. The molecule has 7 nitrogen and oxygen atoms in total. The van der Waals surface area contributed by atoms with Crippen molar-refractivity contribution in [3.63, 3.8) is 0 Å². The Morgan fingerprint density at radius 2 is 2.03 bits per heavy atom. The highest BCUT2D eigenvalue weighted by Crippen LogP contribution is 2.32. The molecule has 3 aromatic rings. The fourth-order valence-corrected chi connectivity index (χ4v) is 3.57. The number of likely N-dealkylation sites (tertiary alicyclic amines) is 1. The number of ether oxygens (including phenoxy) is 1. The van der Waals surface area contributed by atoms with E-state index in [9.17, 15) is 22.8 Å². The minimum absolute atomic E-state index is 0.174. The number of imidazole rings is 1. The Bertz CT molecular complexity index is 1150. The topological polar surface area (TPSA) is 80.2 Å². The molecule has 1 saturated heterocycles. The zero-order valence-electron chi connectivity index (χ0n) is 16.1. The van der Waals surface area contributed by atoms with E-state index in [2.05, 4.69) is 9.97 Å². The maximum atomic E-state index is 13.0. The molecule has 3 heterocycles. The summed E-state index contributed by atoms with van der Waals surface area (Å²) in [5, 5.41) is 0. The molecule has 30 heavy (non-hydrogen) atoms. The average molecular weight is 420 g/mol. The van der Waals surface area contributed by atoms with Gasteiger partial charge in [0.25, 0.3) is 0 Å². The molecule has 2 aromatic heterocycles. The molecule has 158 valence electrons. The number of pyridine rings is 1. The van der Waals surface area contributed by atoms with Crippen molar-refractivity contribution in [3.05, 3.63) is 52.6 Å². The quantitative estimate of drug-likeness (QED) is 0.688. The van der Waals surface area contributed by atoms with Crippen molar-refractivity contribution in [2.24, 2.45) is 5.92 Å². The van der Waals surface area contributed by atoms with Gasteiger partial charge in [0, 0.05) is 37.9 Å². The van der Waals surface area contributed by atoms with Crippen LogP contribution < -0.4 is 5.69 Å². The van der Waals surface area contributed by atoms with Crippen molar-refractivity contribution in [1.82, 2.24) is 19.4 Å². The van der Waals surface area contributed by atoms with E-state index in [1.165, 1.54) is 22.9 Å². The Morgan fingerprint density at radius 1 is 1.27 bits per heavy atom. The molecule has 1 N–H and O–H groups in total. The van der Waals surface area contributed by atoms with E-state index in [1.54, 1.807) is 18.1 Å². The standard InChI is InChI=1S/C20H19F3N4O3/c1-30-11-12-8-26(9-12)17(28)10-27-16-6-14(7-24-18(16)25-19(27)29)13-3-2-4-15(5-13)20(21,22)23/h2-7,12H,8-11H2,1H3,(H,24,25,29). The molecule has 0 unspecified atom stereocenters. The van der Waals surface area contributed by atoms with Gasteiger partial charge >= 0.3 is 11.9 Å². The van der Waals surface area contributed by atoms with Crippen molar-refractivity contribution in [2.75, 3.05) is 26.8 Å². The van der Waals surface area contributed by atoms with Crippen LogP contribution in [0.25, 0.3) is 22.3 Å². The van der Waals surface area contributed by atoms with E-state index in [-0.39, 0.29) is 24.0 Å². The first-order chi connectivity index (χ1) is 14.3. The molecule has 1 aromatic carbocycles. The number of hydrogen-bond donors (Lipinski definition) is 1. The Kier molecular flexibility index (Phi) is 5.10. The van der Waals surface area contributed by atoms with E-state index in [0.29, 0.717) is 36.3 Å². The van der Waals surface area contributed by atoms with Crippen LogP contribution in [0.4, 0.5) is 13.2 Å². The summed E-state index contributed by atoms with van der Waals surface area (Å²) in [5.41, 5.74) is 0.0848. The van der Waals surface area contributed by atoms with Crippen LogP contribution in [0.1, 0.15) is 5.56 Å². The first kappa shape index (κ1) is 20.1. The van der Waals surface area contributed by atoms with Gasteiger partial charge in [0.2, 0.25) is 5.91 Å². The molecule has 1 aliphatic heterocycles. The second kappa shape index (κ2) is 7.60. The number of halogens is 3. The molecule has 0 saturated carbocycles. The molecule has 0 atom stereocenters. The van der Waals surface area contributed by atoms with Gasteiger partial charge in [-0.1, -0.05) is 12.1 Å². The Morgan fingerprint density at radius 3 is 2.73 bits per heavy atom. The molecular weight excluding hydrogens is 401 g/mol. The Labute approximate surface area is 169 Å². The third-order valence-electron chi connectivity index (χ3n) is 5.16. The number of aromatic amines is 1. The van der Waals surface area contributed by atoms with Crippen LogP contribution in [-0.4, -0.2) is 52.1 Å². The van der Waals surface area contributed by atoms with Crippen molar-refractivity contribution < 1.29 is 22.7 Å². The predicted molar refractivity (Wildman–Crippen MR) is 103 cm³/mol. The highest BCUT2D eigenvalue weighted by Gasteiger charge is 2.31. The predicted octanol–water partition coefficient (Wildman–Crippen LogP) is 2.52. The summed E-state index contributed by atoms with van der Waals surface area (Å²) in [6.45, 7) is 1.53. The third kappa shape index (κ3) is 3.82. The summed E-state index contributed by atoms with van der Waals surface area (Å²) >= 11 is 0. The zero-order valence-corrected chi connectivity index (χ0v) is 16.1. The first-order valence-corrected chi connectivity index (χ1v) is 9.29. The van der Waals surface area contributed by atoms with Crippen LogP contribution in [-0.2, 0) is 22.3 Å². The number of H-pyrrole nitrogens is 1. The van der Waals surface area contributed by atoms with E-state index >= 15 is 0 Å². The second-order valence-electron chi connectivity index (χ2n) is 7.31. The fraction of sp³-hybridized carbons (Fsp3) is 0.350. The number of hydrogen-bond acceptors (Lipinski definition) is 4. The lowest BCUT2D eigenvalue weighted by Gasteiger charge is -2.38. The lowest BCUT2D eigenvalue weighted by Crippen LogP contribution is -2.52. The number of methoxy groups -OCH3 is 1. The summed E-state index contributed by atoms with van der Waals surface area (Å²) < 4.78 is 45.4. The number of carbonyl (C=O) groups is 1. The van der Waals surface area contributed by atoms with Crippen molar-refractivity contribution in [1.29, 1.82) is 0 Å². The fourth-order valence-electron chi connectivity index (χ4n) is 3.57. The molecular formula is C20H19F3N4O3. The molecule has 4 rings (SSSR count). The minimum atomic E-state index is -4.46. The smallest absolute Gasteiger partial charge is 0.384 e. The summed E-state index contributed by atoms with van der Waals surface area (Å²) in [6, 6.07) is 6.43. The minimum Gasteiger partial charge on any atom is -0.384 e. The molecule has 10 heteroatoms. The Hall–Kier alpha value is -3.14. The number of alkyl halides is 3. The van der Waals surface area contributed by atoms with Gasteiger partial charge in [0.15, 0.2) is 5.65 Å². The van der Waals surface area contributed by atoms with Gasteiger partial charge in [0.1, 0.15) is 6.54 Å². The van der Waals surface area contributed by atoms with Crippen LogP contribution in [0.15, 0.2) is 41.3 Å². The number of benzene rings is 1. The van der Waals surface area contributed by atoms with Crippen LogP contribution in [0.5, 0.6) is 0 Å². The molecule has 1 fully saturated rings. The summed E-state index contributed by atoms with van der Waals surface area (Å²) in [5.74, 6) is 0.0719. The van der Waals surface area contributed by atoms with E-state index in [1.807, 2.05) is 0 Å². The van der Waals surface area contributed by atoms with Gasteiger partial charge in [-0.05, 0) is 23.8 Å². The summed E-state index contributed by atoms with van der Waals surface area (Å²) in [4.78, 5) is 33.2. The second-order valence-corrected chi connectivity index (χ2v) is 7.31. The maximum Gasteiger partial charge on any atom is 0.416 e. The molecule has 1 aliphatic rings. The molecule has 0 spiro atoms. The lowest BCUT2D eigenvalue weighted by molar-refractivity contribution is -0.139. The van der Waals surface area contributed by atoms with Gasteiger partial charge in [-0.3, -0.25) is 14.3 Å². The zero-order chi connectivity index (χ0) is 21.5. The molecule has 1 amide bonds. The van der Waals surface area contributed by atoms with E-state index in [0.717, 1.165) is 12.1 Å². The lowest BCUT2D eigenvalue weighted by atomic mass is 10.0. The van der Waals surface area contributed by atoms with Gasteiger partial charge < -0.3 is 9.64 Å². The van der Waals surface area contributed by atoms with Crippen LogP contribution in [0.3, 0.4) is 0 Å². The van der Waals surface area contributed by atoms with Gasteiger partial charge in [-0.25, -0.2) is 9.78 Å². The monoisotopic (exact) mass is 420 g/mol. The number of amides is 1. The number of carbonyl (C=O) groups excluding carboxylic acids is 1. The number of nitrogens with zero attached hydrogens (tertiary/aromatic N) is 3. The first-order valence-electron chi connectivity index (χ1n) is 9.29. The van der Waals surface area contributed by atoms with Gasteiger partial charge in [-0.2, -0.15) is 13.2 Å². The van der Waals surface area contributed by atoms with Crippen molar-refractivity contribution in [2.45, 2.75) is 12.7 Å². The van der Waals surface area contributed by atoms with Gasteiger partial charge in [-0.15, -0.1) is 0 Å². The number of fused-ring (bicyclic) bond motifs is 1. The van der Waals surface area contributed by atoms with Crippen LogP contribution in [0.2, 0.25) is 0 Å². The van der Waals surface area contributed by atoms with Gasteiger partial charge in [0.05, 0.1) is 17.7 Å². The summed E-state index contributed by atoms with van der Waals surface area (Å²) in [6.07, 6.45) is -3.07. The summed E-state index contributed by atoms with van der Waals surface area (Å²) in [7, 11) is 1.60.